The van der Waals surface area contributed by atoms with E-state index < -0.39 is 42.5 Å². The van der Waals surface area contributed by atoms with E-state index in [2.05, 4.69) is 0 Å². The summed E-state index contributed by atoms with van der Waals surface area (Å²) in [6, 6.07) is 12.8. The number of ether oxygens (including phenoxy) is 4. The maximum absolute atomic E-state index is 12.4. The van der Waals surface area contributed by atoms with Gasteiger partial charge in [-0.1, -0.05) is 52.0 Å². The van der Waals surface area contributed by atoms with Crippen LogP contribution in [-0.2, 0) is 29.0 Å². The van der Waals surface area contributed by atoms with Gasteiger partial charge in [0.25, 0.3) is 12.6 Å². The van der Waals surface area contributed by atoms with E-state index in [1.165, 1.54) is 26.4 Å². The molecule has 11 nitrogen and oxygen atoms in total. The van der Waals surface area contributed by atoms with Gasteiger partial charge in [0.15, 0.2) is 0 Å². The molecule has 2 aromatic rings. The zero-order valence-corrected chi connectivity index (χ0v) is 20.9. The molecule has 2 aromatic carbocycles. The Hall–Kier alpha value is -3.83. The van der Waals surface area contributed by atoms with Gasteiger partial charge in [0, 0.05) is 11.8 Å². The van der Waals surface area contributed by atoms with Gasteiger partial charge < -0.3 is 18.9 Å². The minimum atomic E-state index is -1.31. The maximum Gasteiger partial charge on any atom is 0.513 e. The summed E-state index contributed by atoms with van der Waals surface area (Å²) < 4.78 is 20.5. The molecule has 0 aliphatic heterocycles. The number of benzene rings is 2. The molecule has 0 bridgehead atoms. The van der Waals surface area contributed by atoms with Crippen LogP contribution in [0, 0.1) is 11.8 Å². The summed E-state index contributed by atoms with van der Waals surface area (Å²) in [6.07, 6.45) is -3.81. The Balaban J connectivity index is 1.94. The molecule has 0 aliphatic carbocycles. The van der Waals surface area contributed by atoms with E-state index in [1.54, 1.807) is 64.1 Å². The van der Waals surface area contributed by atoms with E-state index in [4.69, 9.17) is 38.5 Å². The Kier molecular flexibility index (Phi) is 11.0. The molecule has 0 saturated heterocycles. The highest BCUT2D eigenvalue weighted by Crippen LogP contribution is 2.21. The van der Waals surface area contributed by atoms with Crippen molar-refractivity contribution in [2.45, 2.75) is 40.3 Å². The lowest BCUT2D eigenvalue weighted by atomic mass is 10.2. The SMILES string of the molecule is COc1ccccc1C(=O)OOC(OC(=O)OC(OOC(=O)c1ccccc1OC)C(C)C)C(C)C. The fourth-order valence-electron chi connectivity index (χ4n) is 2.65. The number of methoxy groups -OCH3 is 2. The highest BCUT2D eigenvalue weighted by molar-refractivity contribution is 5.92. The summed E-state index contributed by atoms with van der Waals surface area (Å²) in [4.78, 5) is 56.8. The average Bonchev–Trinajstić information content (AvgIpc) is 2.87. The molecule has 2 unspecified atom stereocenters. The van der Waals surface area contributed by atoms with Crippen molar-refractivity contribution in [2.24, 2.45) is 11.8 Å². The van der Waals surface area contributed by atoms with Gasteiger partial charge in [0.05, 0.1) is 14.2 Å². The first-order valence-corrected chi connectivity index (χ1v) is 11.1. The van der Waals surface area contributed by atoms with Gasteiger partial charge in [-0.15, -0.1) is 9.78 Å². The van der Waals surface area contributed by atoms with Gasteiger partial charge in [-0.3, -0.25) is 9.78 Å². The summed E-state index contributed by atoms with van der Waals surface area (Å²) >= 11 is 0. The lowest BCUT2D eigenvalue weighted by Crippen LogP contribution is -2.33. The number of para-hydroxylation sites is 2. The molecule has 0 spiro atoms. The summed E-state index contributed by atoms with van der Waals surface area (Å²) in [5, 5.41) is 0. The quantitative estimate of drug-likeness (QED) is 0.172. The van der Waals surface area contributed by atoms with Crippen LogP contribution in [0.5, 0.6) is 11.5 Å². The second kappa shape index (κ2) is 13.9. The maximum atomic E-state index is 12.4. The van der Waals surface area contributed by atoms with E-state index in [1.807, 2.05) is 0 Å². The first-order valence-electron chi connectivity index (χ1n) is 11.1. The molecular formula is C25H30O11. The molecule has 0 saturated carbocycles. The second-order valence-corrected chi connectivity index (χ2v) is 8.05. The van der Waals surface area contributed by atoms with Gasteiger partial charge in [-0.05, 0) is 24.3 Å². The molecule has 11 heteroatoms. The molecule has 0 N–H and O–H groups in total. The predicted octanol–water partition coefficient (Wildman–Crippen LogP) is 4.70. The number of carbonyl (C=O) groups is 3. The van der Waals surface area contributed by atoms with E-state index in [-0.39, 0.29) is 22.6 Å². The van der Waals surface area contributed by atoms with Crippen LogP contribution in [0.4, 0.5) is 4.79 Å². The van der Waals surface area contributed by atoms with Crippen molar-refractivity contribution >= 4 is 18.1 Å². The van der Waals surface area contributed by atoms with Crippen LogP contribution in [0.25, 0.3) is 0 Å². The Labute approximate surface area is 208 Å². The van der Waals surface area contributed by atoms with Crippen LogP contribution in [0.1, 0.15) is 48.4 Å². The van der Waals surface area contributed by atoms with Crippen molar-refractivity contribution < 1.29 is 52.9 Å². The first kappa shape index (κ1) is 28.4. The highest BCUT2D eigenvalue weighted by Gasteiger charge is 2.29. The van der Waals surface area contributed by atoms with Crippen LogP contribution in [-0.4, -0.2) is 44.9 Å². The number of carbonyl (C=O) groups excluding carboxylic acids is 3. The molecule has 0 aromatic heterocycles. The van der Waals surface area contributed by atoms with Gasteiger partial charge in [-0.2, -0.15) is 0 Å². The molecule has 0 radical (unpaired) electrons. The predicted molar refractivity (Wildman–Crippen MR) is 124 cm³/mol. The highest BCUT2D eigenvalue weighted by atomic mass is 17.2. The third kappa shape index (κ3) is 8.14. The van der Waals surface area contributed by atoms with Crippen molar-refractivity contribution in [3.05, 3.63) is 59.7 Å². The van der Waals surface area contributed by atoms with Gasteiger partial charge >= 0.3 is 18.1 Å². The van der Waals surface area contributed by atoms with Crippen LogP contribution in [0.2, 0.25) is 0 Å². The molecule has 2 atom stereocenters. The van der Waals surface area contributed by atoms with Crippen LogP contribution < -0.4 is 9.47 Å². The smallest absolute Gasteiger partial charge is 0.496 e. The van der Waals surface area contributed by atoms with Crippen molar-refractivity contribution in [2.75, 3.05) is 14.2 Å². The van der Waals surface area contributed by atoms with Gasteiger partial charge in [0.1, 0.15) is 22.6 Å². The van der Waals surface area contributed by atoms with Gasteiger partial charge in [0.2, 0.25) is 0 Å². The third-order valence-corrected chi connectivity index (χ3v) is 4.60. The summed E-state index contributed by atoms with van der Waals surface area (Å²) in [5.74, 6) is -1.97. The molecular weight excluding hydrogens is 476 g/mol. The molecule has 0 fully saturated rings. The van der Waals surface area contributed by atoms with Crippen LogP contribution >= 0.6 is 0 Å². The molecule has 0 aliphatic rings. The zero-order valence-electron chi connectivity index (χ0n) is 20.9. The Morgan fingerprint density at radius 3 is 1.31 bits per heavy atom. The number of rotatable bonds is 12. The van der Waals surface area contributed by atoms with E-state index >= 15 is 0 Å². The molecule has 196 valence electrons. The van der Waals surface area contributed by atoms with E-state index in [0.717, 1.165) is 0 Å². The fourth-order valence-corrected chi connectivity index (χ4v) is 2.65. The monoisotopic (exact) mass is 506 g/mol. The lowest BCUT2D eigenvalue weighted by Gasteiger charge is -2.23. The van der Waals surface area contributed by atoms with Crippen molar-refractivity contribution in [3.63, 3.8) is 0 Å². The van der Waals surface area contributed by atoms with E-state index in [9.17, 15) is 14.4 Å². The molecule has 0 heterocycles. The molecule has 0 amide bonds. The van der Waals surface area contributed by atoms with Gasteiger partial charge in [-0.25, -0.2) is 14.4 Å². The first-order chi connectivity index (χ1) is 17.2. The normalized spacial score (nSPS) is 12.4. The van der Waals surface area contributed by atoms with Crippen LogP contribution in [0.15, 0.2) is 48.5 Å². The largest absolute Gasteiger partial charge is 0.513 e. The number of hydrogen-bond donors (Lipinski definition) is 0. The standard InChI is InChI=1S/C25H30O11/c1-15(2)23(35-33-21(26)17-11-7-9-13-19(17)29-5)31-25(28)32-24(16(3)4)36-34-22(27)18-12-8-10-14-20(18)30-6/h7-16,23-24H,1-6H3. The molecule has 36 heavy (non-hydrogen) atoms. The average molecular weight is 507 g/mol. The summed E-state index contributed by atoms with van der Waals surface area (Å²) in [5.41, 5.74) is 0.241. The van der Waals surface area contributed by atoms with Crippen molar-refractivity contribution in [1.82, 2.24) is 0 Å². The second-order valence-electron chi connectivity index (χ2n) is 8.05. The van der Waals surface area contributed by atoms with E-state index in [0.29, 0.717) is 0 Å². The Bertz CT molecular complexity index is 939. The minimum absolute atomic E-state index is 0.121. The molecule has 2 rings (SSSR count). The third-order valence-electron chi connectivity index (χ3n) is 4.60. The van der Waals surface area contributed by atoms with Crippen molar-refractivity contribution in [3.8, 4) is 11.5 Å². The van der Waals surface area contributed by atoms with Crippen molar-refractivity contribution in [1.29, 1.82) is 0 Å². The number of hydrogen-bond acceptors (Lipinski definition) is 11. The minimum Gasteiger partial charge on any atom is -0.496 e. The topological polar surface area (TPSA) is 125 Å². The lowest BCUT2D eigenvalue weighted by molar-refractivity contribution is -0.357. The Morgan fingerprint density at radius 1 is 0.611 bits per heavy atom. The fraction of sp³-hybridized carbons (Fsp3) is 0.400. The van der Waals surface area contributed by atoms with Crippen LogP contribution in [0.3, 0.4) is 0 Å². The summed E-state index contributed by atoms with van der Waals surface area (Å²) in [7, 11) is 2.81. The summed E-state index contributed by atoms with van der Waals surface area (Å²) in [6.45, 7) is 6.67. The Morgan fingerprint density at radius 2 is 0.972 bits per heavy atom. The zero-order chi connectivity index (χ0) is 26.7.